The van der Waals surface area contributed by atoms with Gasteiger partial charge in [0.15, 0.2) is 0 Å². The van der Waals surface area contributed by atoms with Gasteiger partial charge in [0.2, 0.25) is 11.8 Å². The van der Waals surface area contributed by atoms with Crippen LogP contribution in [0, 0.1) is 0 Å². The van der Waals surface area contributed by atoms with Crippen LogP contribution in [0.5, 0.6) is 0 Å². The van der Waals surface area contributed by atoms with E-state index in [2.05, 4.69) is 15.5 Å². The number of amides is 3. The highest BCUT2D eigenvalue weighted by Gasteiger charge is 2.46. The normalized spacial score (nSPS) is 22.7. The Labute approximate surface area is 151 Å². The summed E-state index contributed by atoms with van der Waals surface area (Å²) in [6.07, 6.45) is 2.05. The van der Waals surface area contributed by atoms with Crippen molar-refractivity contribution in [3.63, 3.8) is 0 Å². The molecule has 1 aromatic heterocycles. The van der Waals surface area contributed by atoms with Crippen molar-refractivity contribution in [1.82, 2.24) is 25.5 Å². The first-order valence-corrected chi connectivity index (χ1v) is 8.82. The van der Waals surface area contributed by atoms with Gasteiger partial charge in [-0.1, -0.05) is 0 Å². The number of ether oxygens (including phenoxy) is 1. The molecule has 0 saturated carbocycles. The van der Waals surface area contributed by atoms with Crippen molar-refractivity contribution in [3.8, 4) is 0 Å². The molecule has 2 aliphatic rings. The van der Waals surface area contributed by atoms with Gasteiger partial charge in [-0.15, -0.1) is 10.2 Å². The summed E-state index contributed by atoms with van der Waals surface area (Å²) in [4.78, 5) is 25.1. The molecule has 144 valence electrons. The maximum absolute atomic E-state index is 12.0. The van der Waals surface area contributed by atoms with Gasteiger partial charge in [0.25, 0.3) is 0 Å². The molecule has 1 aromatic rings. The summed E-state index contributed by atoms with van der Waals surface area (Å²) in [6.45, 7) is 6.32. The Morgan fingerprint density at radius 3 is 2.88 bits per heavy atom. The van der Waals surface area contributed by atoms with Gasteiger partial charge >= 0.3 is 12.1 Å². The number of nitrogens with one attached hydrogen (secondary N) is 1. The third-order valence-electron chi connectivity index (χ3n) is 4.35. The summed E-state index contributed by atoms with van der Waals surface area (Å²) in [7, 11) is 0. The Hall–Kier alpha value is -2.36. The van der Waals surface area contributed by atoms with Crippen LogP contribution in [0.2, 0.25) is 0 Å². The predicted molar refractivity (Wildman–Crippen MR) is 88.3 cm³/mol. The van der Waals surface area contributed by atoms with Crippen molar-refractivity contribution in [1.29, 1.82) is 0 Å². The van der Waals surface area contributed by atoms with Crippen LogP contribution in [0.25, 0.3) is 0 Å². The molecule has 10 heteroatoms. The standard InChI is InChI=1S/C16H25N5O5/c1-16(2,3)26-14(22)17-8-4-5-12-18-19-13(25-12)11-7-6-10-9-20(11)15(23)21(10)24/h10-11,24H,4-9H2,1-3H3,(H,17,22). The van der Waals surface area contributed by atoms with Crippen LogP contribution in [-0.4, -0.2) is 62.2 Å². The molecule has 2 unspecified atom stereocenters. The summed E-state index contributed by atoms with van der Waals surface area (Å²) < 4.78 is 10.8. The quantitative estimate of drug-likeness (QED) is 0.602. The van der Waals surface area contributed by atoms with E-state index in [-0.39, 0.29) is 12.1 Å². The number of hydrogen-bond donors (Lipinski definition) is 2. The highest BCUT2D eigenvalue weighted by atomic mass is 16.6. The van der Waals surface area contributed by atoms with Gasteiger partial charge in [0.1, 0.15) is 11.6 Å². The first kappa shape index (κ1) is 18.4. The molecule has 3 amide bonds. The smallest absolute Gasteiger partial charge is 0.407 e. The lowest BCUT2D eigenvalue weighted by molar-refractivity contribution is -0.0584. The molecule has 0 spiro atoms. The molecule has 2 fully saturated rings. The van der Waals surface area contributed by atoms with E-state index in [4.69, 9.17) is 9.15 Å². The summed E-state index contributed by atoms with van der Waals surface area (Å²) in [5.41, 5.74) is -0.526. The average Bonchev–Trinajstić information content (AvgIpc) is 3.11. The second-order valence-electron chi connectivity index (χ2n) is 7.59. The van der Waals surface area contributed by atoms with Gasteiger partial charge in [0.05, 0.1) is 6.04 Å². The molecule has 3 heterocycles. The number of hydrogen-bond acceptors (Lipinski definition) is 7. The van der Waals surface area contributed by atoms with Gasteiger partial charge in [-0.25, -0.2) is 14.7 Å². The summed E-state index contributed by atoms with van der Waals surface area (Å²) >= 11 is 0. The number of hydroxylamine groups is 2. The van der Waals surface area contributed by atoms with E-state index >= 15 is 0 Å². The largest absolute Gasteiger partial charge is 0.444 e. The number of piperidine rings is 1. The van der Waals surface area contributed by atoms with Gasteiger partial charge in [-0.05, 0) is 40.0 Å². The second kappa shape index (κ2) is 7.10. The van der Waals surface area contributed by atoms with Crippen molar-refractivity contribution >= 4 is 12.1 Å². The first-order valence-electron chi connectivity index (χ1n) is 8.82. The zero-order chi connectivity index (χ0) is 18.9. The number of urea groups is 1. The molecule has 2 N–H and O–H groups in total. The number of nitrogens with zero attached hydrogens (tertiary/aromatic N) is 4. The van der Waals surface area contributed by atoms with E-state index in [1.807, 2.05) is 0 Å². The molecule has 2 atom stereocenters. The molecule has 3 rings (SSSR count). The van der Waals surface area contributed by atoms with Crippen LogP contribution in [0.3, 0.4) is 0 Å². The third kappa shape index (κ3) is 4.06. The molecule has 2 bridgehead atoms. The van der Waals surface area contributed by atoms with E-state index in [0.717, 1.165) is 5.06 Å². The van der Waals surface area contributed by atoms with Crippen LogP contribution in [0.4, 0.5) is 9.59 Å². The minimum absolute atomic E-state index is 0.153. The highest BCUT2D eigenvalue weighted by molar-refractivity contribution is 5.76. The number of aromatic nitrogens is 2. The van der Waals surface area contributed by atoms with Crippen molar-refractivity contribution in [2.45, 2.75) is 64.1 Å². The van der Waals surface area contributed by atoms with E-state index in [1.54, 1.807) is 25.7 Å². The van der Waals surface area contributed by atoms with Crippen molar-refractivity contribution in [2.24, 2.45) is 0 Å². The third-order valence-corrected chi connectivity index (χ3v) is 4.35. The van der Waals surface area contributed by atoms with Crippen LogP contribution in [-0.2, 0) is 11.2 Å². The molecule has 0 aliphatic carbocycles. The lowest BCUT2D eigenvalue weighted by Crippen LogP contribution is -2.34. The number of fused-ring (bicyclic) bond motifs is 2. The number of carbonyl (C=O) groups is 2. The fraction of sp³-hybridized carbons (Fsp3) is 0.750. The van der Waals surface area contributed by atoms with Crippen molar-refractivity contribution in [3.05, 3.63) is 11.8 Å². The average molecular weight is 367 g/mol. The van der Waals surface area contributed by atoms with Crippen LogP contribution >= 0.6 is 0 Å². The zero-order valence-electron chi connectivity index (χ0n) is 15.3. The molecule has 10 nitrogen and oxygen atoms in total. The summed E-state index contributed by atoms with van der Waals surface area (Å²) in [5, 5.41) is 21.3. The van der Waals surface area contributed by atoms with E-state index in [9.17, 15) is 14.8 Å². The molecular formula is C16H25N5O5. The lowest BCUT2D eigenvalue weighted by atomic mass is 10.0. The molecule has 2 saturated heterocycles. The van der Waals surface area contributed by atoms with Gasteiger partial charge < -0.3 is 19.4 Å². The van der Waals surface area contributed by atoms with E-state index < -0.39 is 17.7 Å². The number of aryl methyl sites for hydroxylation is 1. The Kier molecular flexibility index (Phi) is 5.03. The summed E-state index contributed by atoms with van der Waals surface area (Å²) in [6, 6.07) is -0.865. The molecule has 26 heavy (non-hydrogen) atoms. The van der Waals surface area contributed by atoms with Crippen molar-refractivity contribution in [2.75, 3.05) is 13.1 Å². The van der Waals surface area contributed by atoms with E-state index in [1.165, 1.54) is 0 Å². The monoisotopic (exact) mass is 367 g/mol. The fourth-order valence-electron chi connectivity index (χ4n) is 3.15. The summed E-state index contributed by atoms with van der Waals surface area (Å²) in [5.74, 6) is 0.850. The number of rotatable bonds is 5. The fourth-order valence-corrected chi connectivity index (χ4v) is 3.15. The Bertz CT molecular complexity index is 670. The maximum Gasteiger partial charge on any atom is 0.407 e. The molecule has 0 radical (unpaired) electrons. The number of alkyl carbamates (subject to hydrolysis) is 1. The SMILES string of the molecule is CC(C)(C)OC(=O)NCCCc1nnc(C2CCC3CN2C(=O)N3O)o1. The Morgan fingerprint density at radius 2 is 2.15 bits per heavy atom. The molecule has 0 aromatic carbocycles. The van der Waals surface area contributed by atoms with Crippen molar-refractivity contribution < 1.29 is 24.0 Å². The van der Waals surface area contributed by atoms with E-state index in [0.29, 0.717) is 50.6 Å². The minimum Gasteiger partial charge on any atom is -0.444 e. The lowest BCUT2D eigenvalue weighted by Gasteiger charge is -2.27. The van der Waals surface area contributed by atoms with Gasteiger partial charge in [-0.2, -0.15) is 0 Å². The molecular weight excluding hydrogens is 342 g/mol. The van der Waals surface area contributed by atoms with Gasteiger partial charge in [-0.3, -0.25) is 5.21 Å². The molecule has 2 aliphatic heterocycles. The van der Waals surface area contributed by atoms with Crippen LogP contribution < -0.4 is 5.32 Å². The Balaban J connectivity index is 1.47. The zero-order valence-corrected chi connectivity index (χ0v) is 15.3. The second-order valence-corrected chi connectivity index (χ2v) is 7.59. The van der Waals surface area contributed by atoms with Crippen LogP contribution in [0.1, 0.15) is 57.9 Å². The van der Waals surface area contributed by atoms with Gasteiger partial charge in [0, 0.05) is 19.5 Å². The Morgan fingerprint density at radius 1 is 1.38 bits per heavy atom. The minimum atomic E-state index is -0.526. The predicted octanol–water partition coefficient (Wildman–Crippen LogP) is 1.86. The maximum atomic E-state index is 12.0. The highest BCUT2D eigenvalue weighted by Crippen LogP contribution is 2.36. The van der Waals surface area contributed by atoms with Crippen LogP contribution in [0.15, 0.2) is 4.42 Å². The topological polar surface area (TPSA) is 121 Å². The first-order chi connectivity index (χ1) is 12.2. The number of carbonyl (C=O) groups excluding carboxylic acids is 2.